The average molecular weight is 328 g/mol. The van der Waals surface area contributed by atoms with Crippen molar-refractivity contribution >= 4 is 23.3 Å². The van der Waals surface area contributed by atoms with Gasteiger partial charge in [-0.15, -0.1) is 0 Å². The van der Waals surface area contributed by atoms with E-state index >= 15 is 0 Å². The lowest BCUT2D eigenvalue weighted by Gasteiger charge is -2.25. The van der Waals surface area contributed by atoms with Gasteiger partial charge in [-0.2, -0.15) is 0 Å². The Labute approximate surface area is 138 Å². The maximum Gasteiger partial charge on any atom is 0.350 e. The molecule has 6 nitrogen and oxygen atoms in total. The molecule has 1 aromatic heterocycles. The monoisotopic (exact) mass is 328 g/mol. The number of nitrogens with zero attached hydrogens (tertiary/aromatic N) is 4. The number of carboxylic acid groups (broad SMARTS) is 1. The van der Waals surface area contributed by atoms with Gasteiger partial charge in [-0.05, 0) is 38.1 Å². The Morgan fingerprint density at radius 2 is 1.92 bits per heavy atom. The highest BCUT2D eigenvalue weighted by Gasteiger charge is 2.26. The first-order valence-corrected chi connectivity index (χ1v) is 7.57. The summed E-state index contributed by atoms with van der Waals surface area (Å²) in [6.45, 7) is 4.03. The average Bonchev–Trinajstić information content (AvgIpc) is 2.97. The summed E-state index contributed by atoms with van der Waals surface area (Å²) in [6, 6.07) is 6.13. The van der Waals surface area contributed by atoms with E-state index in [0.717, 1.165) is 0 Å². The minimum atomic E-state index is -1.07. The molecule has 2 aromatic rings. The van der Waals surface area contributed by atoms with Gasteiger partial charge in [-0.25, -0.2) is 24.1 Å². The molecule has 0 amide bonds. The molecule has 1 aliphatic rings. The number of fused-ring (bicyclic) bond motifs is 1. The zero-order valence-corrected chi connectivity index (χ0v) is 13.6. The quantitative estimate of drug-likeness (QED) is 0.933. The van der Waals surface area contributed by atoms with Crippen LogP contribution in [-0.2, 0) is 11.2 Å². The third-order valence-corrected chi connectivity index (χ3v) is 3.98. The van der Waals surface area contributed by atoms with Gasteiger partial charge in [0, 0.05) is 25.1 Å². The van der Waals surface area contributed by atoms with Gasteiger partial charge in [0.1, 0.15) is 17.2 Å². The second-order valence-electron chi connectivity index (χ2n) is 5.92. The van der Waals surface area contributed by atoms with Crippen LogP contribution in [0.5, 0.6) is 0 Å². The van der Waals surface area contributed by atoms with Crippen molar-refractivity contribution in [1.29, 1.82) is 0 Å². The van der Waals surface area contributed by atoms with Crippen LogP contribution in [0.25, 0.3) is 11.3 Å². The van der Waals surface area contributed by atoms with Crippen LogP contribution in [0.4, 0.5) is 16.0 Å². The van der Waals surface area contributed by atoms with Crippen molar-refractivity contribution in [2.24, 2.45) is 4.99 Å². The summed E-state index contributed by atoms with van der Waals surface area (Å²) in [7, 11) is 1.89. The van der Waals surface area contributed by atoms with Gasteiger partial charge in [-0.3, -0.25) is 0 Å². The summed E-state index contributed by atoms with van der Waals surface area (Å²) in [4.78, 5) is 26.3. The van der Waals surface area contributed by atoms with Crippen molar-refractivity contribution in [2.75, 3.05) is 11.9 Å². The highest BCUT2D eigenvalue weighted by Crippen LogP contribution is 2.34. The predicted molar refractivity (Wildman–Crippen MR) is 89.4 cm³/mol. The molecule has 1 N–H and O–H groups in total. The Balaban J connectivity index is 2.16. The molecular weight excluding hydrogens is 311 g/mol. The first-order chi connectivity index (χ1) is 11.4. The molecule has 0 bridgehead atoms. The fraction of sp³-hybridized carbons (Fsp3) is 0.294. The topological polar surface area (TPSA) is 78.7 Å². The summed E-state index contributed by atoms with van der Waals surface area (Å²) in [6.07, 6.45) is 0.153. The smallest absolute Gasteiger partial charge is 0.350 e. The van der Waals surface area contributed by atoms with Crippen molar-refractivity contribution in [1.82, 2.24) is 9.97 Å². The van der Waals surface area contributed by atoms with Crippen molar-refractivity contribution in [2.45, 2.75) is 26.3 Å². The van der Waals surface area contributed by atoms with E-state index < -0.39 is 5.97 Å². The van der Waals surface area contributed by atoms with E-state index in [1.807, 2.05) is 25.8 Å². The van der Waals surface area contributed by atoms with E-state index in [-0.39, 0.29) is 24.0 Å². The Kier molecular flexibility index (Phi) is 4.01. The van der Waals surface area contributed by atoms with E-state index in [2.05, 4.69) is 15.0 Å². The number of aromatic nitrogens is 2. The van der Waals surface area contributed by atoms with Crippen LogP contribution >= 0.6 is 0 Å². The molecule has 0 unspecified atom stereocenters. The number of benzene rings is 1. The fourth-order valence-electron chi connectivity index (χ4n) is 2.40. The molecule has 124 valence electrons. The standard InChI is InChI=1S/C17H17FN4O2/c1-9(2)22(3)16-14(10-4-6-11(18)7-5-10)21-15-12(20-16)8-13(19-15)17(23)24/h4-7,9H,8H2,1-3H3,(H,23,24). The zero-order valence-electron chi connectivity index (χ0n) is 13.6. The first kappa shape index (κ1) is 16.0. The summed E-state index contributed by atoms with van der Waals surface area (Å²) in [5, 5.41) is 9.13. The molecule has 0 saturated heterocycles. The number of halogens is 1. The van der Waals surface area contributed by atoms with Crippen molar-refractivity contribution in [3.05, 3.63) is 35.8 Å². The molecule has 1 aromatic carbocycles. The minimum Gasteiger partial charge on any atom is -0.477 e. The molecular formula is C17H17FN4O2. The van der Waals surface area contributed by atoms with Gasteiger partial charge < -0.3 is 10.0 Å². The van der Waals surface area contributed by atoms with Crippen LogP contribution in [0.1, 0.15) is 19.5 Å². The van der Waals surface area contributed by atoms with E-state index in [4.69, 9.17) is 5.11 Å². The summed E-state index contributed by atoms with van der Waals surface area (Å²) in [5.74, 6) is -0.473. The predicted octanol–water partition coefficient (Wildman–Crippen LogP) is 2.84. The number of rotatable bonds is 4. The molecule has 0 aliphatic carbocycles. The van der Waals surface area contributed by atoms with Crippen LogP contribution in [0.3, 0.4) is 0 Å². The van der Waals surface area contributed by atoms with Crippen LogP contribution in [0, 0.1) is 5.82 Å². The SMILES string of the molecule is CC(C)N(C)c1nc2c(nc1-c1ccc(F)cc1)N=C(C(=O)O)C2. The number of hydrogen-bond acceptors (Lipinski definition) is 5. The van der Waals surface area contributed by atoms with Gasteiger partial charge in [0.05, 0.1) is 5.69 Å². The number of aliphatic imine (C=N–C) groups is 1. The number of carbonyl (C=O) groups is 1. The molecule has 1 aliphatic heterocycles. The van der Waals surface area contributed by atoms with Gasteiger partial charge in [-0.1, -0.05) is 0 Å². The molecule has 3 rings (SSSR count). The van der Waals surface area contributed by atoms with Crippen molar-refractivity contribution in [3.63, 3.8) is 0 Å². The van der Waals surface area contributed by atoms with Crippen molar-refractivity contribution in [3.8, 4) is 11.3 Å². The molecule has 0 atom stereocenters. The molecule has 0 radical (unpaired) electrons. The molecule has 0 fully saturated rings. The van der Waals surface area contributed by atoms with E-state index in [0.29, 0.717) is 28.6 Å². The maximum atomic E-state index is 13.2. The Bertz CT molecular complexity index is 831. The third-order valence-electron chi connectivity index (χ3n) is 3.98. The molecule has 24 heavy (non-hydrogen) atoms. The Morgan fingerprint density at radius 3 is 2.50 bits per heavy atom. The lowest BCUT2D eigenvalue weighted by atomic mass is 10.1. The van der Waals surface area contributed by atoms with Crippen LogP contribution in [-0.4, -0.2) is 39.8 Å². The van der Waals surface area contributed by atoms with Crippen LogP contribution < -0.4 is 4.90 Å². The Hall–Kier alpha value is -2.83. The lowest BCUT2D eigenvalue weighted by molar-refractivity contribution is -0.129. The summed E-state index contributed by atoms with van der Waals surface area (Å²) >= 11 is 0. The number of carboxylic acids is 1. The summed E-state index contributed by atoms with van der Waals surface area (Å²) < 4.78 is 13.2. The maximum absolute atomic E-state index is 13.2. The first-order valence-electron chi connectivity index (χ1n) is 7.57. The summed E-state index contributed by atoms with van der Waals surface area (Å²) in [5.41, 5.74) is 1.83. The largest absolute Gasteiger partial charge is 0.477 e. The van der Waals surface area contributed by atoms with Gasteiger partial charge in [0.15, 0.2) is 11.6 Å². The fourth-order valence-corrected chi connectivity index (χ4v) is 2.40. The van der Waals surface area contributed by atoms with E-state index in [9.17, 15) is 9.18 Å². The normalized spacial score (nSPS) is 13.0. The van der Waals surface area contributed by atoms with E-state index in [1.54, 1.807) is 12.1 Å². The highest BCUT2D eigenvalue weighted by molar-refractivity contribution is 6.37. The molecule has 7 heteroatoms. The van der Waals surface area contributed by atoms with Crippen LogP contribution in [0.15, 0.2) is 29.3 Å². The number of hydrogen-bond donors (Lipinski definition) is 1. The number of anilines is 1. The highest BCUT2D eigenvalue weighted by atomic mass is 19.1. The van der Waals surface area contributed by atoms with Crippen molar-refractivity contribution < 1.29 is 14.3 Å². The number of aliphatic carboxylic acids is 1. The van der Waals surface area contributed by atoms with Gasteiger partial charge in [0.2, 0.25) is 0 Å². The van der Waals surface area contributed by atoms with Gasteiger partial charge >= 0.3 is 5.97 Å². The zero-order chi connectivity index (χ0) is 17.4. The second-order valence-corrected chi connectivity index (χ2v) is 5.92. The molecule has 0 saturated carbocycles. The Morgan fingerprint density at radius 1 is 1.25 bits per heavy atom. The third kappa shape index (κ3) is 2.84. The van der Waals surface area contributed by atoms with Crippen LogP contribution in [0.2, 0.25) is 0 Å². The lowest BCUT2D eigenvalue weighted by Crippen LogP contribution is -2.28. The van der Waals surface area contributed by atoms with Gasteiger partial charge in [0.25, 0.3) is 0 Å². The minimum absolute atomic E-state index is 0.0272. The second kappa shape index (κ2) is 5.99. The molecule has 0 spiro atoms. The molecule has 2 heterocycles. The van der Waals surface area contributed by atoms with E-state index in [1.165, 1.54) is 12.1 Å².